The van der Waals surface area contributed by atoms with Crippen molar-refractivity contribution in [1.82, 2.24) is 10.5 Å². The standard InChI is InChI=1S/C24H25N3O4/c28-23(18-5-1-2-6-19(18)24(29)27-30)26-17-11-9-16(10-12-17)15-31-22-13-14-25-21-8-4-3-7-20(21)22/h3-4,7-14,18-19,30H,1-2,5-6,15H2,(H,26,28)(H,27,29)/t18-,19-/m0/s1. The number of nitrogens with one attached hydrogen (secondary N) is 2. The minimum Gasteiger partial charge on any atom is -0.488 e. The van der Waals surface area contributed by atoms with Crippen LogP contribution >= 0.6 is 0 Å². The maximum absolute atomic E-state index is 12.7. The highest BCUT2D eigenvalue weighted by Crippen LogP contribution is 2.31. The van der Waals surface area contributed by atoms with Crippen molar-refractivity contribution in [1.29, 1.82) is 0 Å². The molecule has 0 bridgehead atoms. The van der Waals surface area contributed by atoms with Crippen molar-refractivity contribution in [3.05, 3.63) is 66.4 Å². The summed E-state index contributed by atoms with van der Waals surface area (Å²) in [6.07, 6.45) is 4.74. The number of pyridine rings is 1. The molecule has 3 N–H and O–H groups in total. The molecule has 0 unspecified atom stereocenters. The molecule has 1 fully saturated rings. The van der Waals surface area contributed by atoms with E-state index in [1.54, 1.807) is 11.7 Å². The SMILES string of the molecule is O=C(NO)[C@H]1CCCC[C@@H]1C(=O)Nc1ccc(COc2ccnc3ccccc23)cc1. The number of hydrogen-bond donors (Lipinski definition) is 3. The van der Waals surface area contributed by atoms with E-state index in [0.29, 0.717) is 25.1 Å². The second kappa shape index (κ2) is 9.57. The Morgan fingerprint density at radius 2 is 1.68 bits per heavy atom. The molecule has 2 atom stereocenters. The Kier molecular flexibility index (Phi) is 6.43. The average Bonchev–Trinajstić information content (AvgIpc) is 2.83. The molecule has 31 heavy (non-hydrogen) atoms. The van der Waals surface area contributed by atoms with E-state index in [2.05, 4.69) is 10.3 Å². The highest BCUT2D eigenvalue weighted by atomic mass is 16.5. The van der Waals surface area contributed by atoms with Crippen molar-refractivity contribution in [2.24, 2.45) is 11.8 Å². The summed E-state index contributed by atoms with van der Waals surface area (Å²) in [6, 6.07) is 17.1. The van der Waals surface area contributed by atoms with Crippen LogP contribution in [-0.4, -0.2) is 22.0 Å². The van der Waals surface area contributed by atoms with Crippen LogP contribution in [0.15, 0.2) is 60.8 Å². The van der Waals surface area contributed by atoms with Gasteiger partial charge in [-0.25, -0.2) is 5.48 Å². The highest BCUT2D eigenvalue weighted by molar-refractivity contribution is 5.96. The van der Waals surface area contributed by atoms with Gasteiger partial charge in [0.2, 0.25) is 11.8 Å². The summed E-state index contributed by atoms with van der Waals surface area (Å²) in [5, 5.41) is 12.8. The molecule has 1 heterocycles. The molecule has 1 aliphatic rings. The Hall–Kier alpha value is -3.45. The summed E-state index contributed by atoms with van der Waals surface area (Å²) in [4.78, 5) is 28.9. The molecule has 7 heteroatoms. The maximum atomic E-state index is 12.7. The van der Waals surface area contributed by atoms with Crippen LogP contribution in [0.1, 0.15) is 31.2 Å². The summed E-state index contributed by atoms with van der Waals surface area (Å²) in [5.74, 6) is -0.851. The second-order valence-corrected chi connectivity index (χ2v) is 7.77. The van der Waals surface area contributed by atoms with Crippen LogP contribution in [0.2, 0.25) is 0 Å². The molecule has 0 radical (unpaired) electrons. The number of anilines is 1. The van der Waals surface area contributed by atoms with Gasteiger partial charge in [0.15, 0.2) is 0 Å². The fraction of sp³-hybridized carbons (Fsp3) is 0.292. The summed E-state index contributed by atoms with van der Waals surface area (Å²) >= 11 is 0. The van der Waals surface area contributed by atoms with Gasteiger partial charge in [0.1, 0.15) is 12.4 Å². The molecule has 0 spiro atoms. The second-order valence-electron chi connectivity index (χ2n) is 7.77. The smallest absolute Gasteiger partial charge is 0.247 e. The highest BCUT2D eigenvalue weighted by Gasteiger charge is 2.35. The lowest BCUT2D eigenvalue weighted by molar-refractivity contribution is -0.140. The van der Waals surface area contributed by atoms with E-state index in [1.807, 2.05) is 54.6 Å². The lowest BCUT2D eigenvalue weighted by atomic mass is 9.78. The van der Waals surface area contributed by atoms with E-state index in [1.165, 1.54) is 0 Å². The average molecular weight is 419 g/mol. The first kappa shape index (κ1) is 20.8. The normalized spacial score (nSPS) is 18.4. The van der Waals surface area contributed by atoms with E-state index in [0.717, 1.165) is 35.1 Å². The molecule has 1 aromatic heterocycles. The molecule has 1 aliphatic carbocycles. The van der Waals surface area contributed by atoms with Crippen LogP contribution in [-0.2, 0) is 16.2 Å². The molecule has 0 aliphatic heterocycles. The summed E-state index contributed by atoms with van der Waals surface area (Å²) < 4.78 is 5.98. The zero-order valence-corrected chi connectivity index (χ0v) is 17.1. The van der Waals surface area contributed by atoms with Crippen LogP contribution in [0.25, 0.3) is 10.9 Å². The van der Waals surface area contributed by atoms with Crippen molar-refractivity contribution in [3.8, 4) is 5.75 Å². The van der Waals surface area contributed by atoms with Gasteiger partial charge in [-0.2, -0.15) is 0 Å². The number of rotatable bonds is 6. The van der Waals surface area contributed by atoms with Gasteiger partial charge in [-0.3, -0.25) is 19.8 Å². The zero-order valence-electron chi connectivity index (χ0n) is 17.1. The predicted molar refractivity (Wildman–Crippen MR) is 117 cm³/mol. The Bertz CT molecular complexity index is 1060. The molecule has 1 saturated carbocycles. The Morgan fingerprint density at radius 3 is 2.42 bits per heavy atom. The molecule has 7 nitrogen and oxygen atoms in total. The number of fused-ring (bicyclic) bond motifs is 1. The van der Waals surface area contributed by atoms with Gasteiger partial charge in [0.25, 0.3) is 0 Å². The van der Waals surface area contributed by atoms with Gasteiger partial charge in [-0.05, 0) is 48.7 Å². The number of hydroxylamine groups is 1. The van der Waals surface area contributed by atoms with Crippen LogP contribution in [0.4, 0.5) is 5.69 Å². The number of carbonyl (C=O) groups is 2. The number of nitrogens with zero attached hydrogens (tertiary/aromatic N) is 1. The third-order valence-electron chi connectivity index (χ3n) is 5.77. The van der Waals surface area contributed by atoms with Gasteiger partial charge in [0, 0.05) is 23.2 Å². The Balaban J connectivity index is 1.38. The summed E-state index contributed by atoms with van der Waals surface area (Å²) in [7, 11) is 0. The topological polar surface area (TPSA) is 101 Å². The van der Waals surface area contributed by atoms with Crippen molar-refractivity contribution < 1.29 is 19.5 Å². The number of ether oxygens (including phenoxy) is 1. The van der Waals surface area contributed by atoms with Crippen LogP contribution < -0.4 is 15.5 Å². The van der Waals surface area contributed by atoms with Gasteiger partial charge in [-0.1, -0.05) is 37.1 Å². The van der Waals surface area contributed by atoms with Crippen LogP contribution in [0, 0.1) is 11.8 Å². The maximum Gasteiger partial charge on any atom is 0.247 e. The number of hydrogen-bond acceptors (Lipinski definition) is 5. The first-order valence-electron chi connectivity index (χ1n) is 10.5. The third-order valence-corrected chi connectivity index (χ3v) is 5.77. The zero-order chi connectivity index (χ0) is 21.6. The van der Waals surface area contributed by atoms with Gasteiger partial charge in [-0.15, -0.1) is 0 Å². The molecule has 0 saturated heterocycles. The number of benzene rings is 2. The monoisotopic (exact) mass is 419 g/mol. The minimum absolute atomic E-state index is 0.194. The number of amides is 2. The molecular formula is C24H25N3O4. The number of para-hydroxylation sites is 1. The molecule has 4 rings (SSSR count). The largest absolute Gasteiger partial charge is 0.488 e. The van der Waals surface area contributed by atoms with Crippen LogP contribution in [0.3, 0.4) is 0 Å². The van der Waals surface area contributed by atoms with Crippen molar-refractivity contribution in [2.75, 3.05) is 5.32 Å². The van der Waals surface area contributed by atoms with Gasteiger partial charge in [0.05, 0.1) is 11.4 Å². The van der Waals surface area contributed by atoms with Crippen molar-refractivity contribution in [2.45, 2.75) is 32.3 Å². The van der Waals surface area contributed by atoms with Crippen molar-refractivity contribution in [3.63, 3.8) is 0 Å². The van der Waals surface area contributed by atoms with Crippen molar-refractivity contribution >= 4 is 28.4 Å². The predicted octanol–water partition coefficient (Wildman–Crippen LogP) is 4.06. The third kappa shape index (κ3) is 4.83. The first-order valence-corrected chi connectivity index (χ1v) is 10.5. The van der Waals surface area contributed by atoms with E-state index in [9.17, 15) is 9.59 Å². The van der Waals surface area contributed by atoms with Gasteiger partial charge >= 0.3 is 0 Å². The number of carbonyl (C=O) groups excluding carboxylic acids is 2. The molecule has 2 amide bonds. The summed E-state index contributed by atoms with van der Waals surface area (Å²) in [5.41, 5.74) is 4.21. The van der Waals surface area contributed by atoms with E-state index in [-0.39, 0.29) is 5.91 Å². The Morgan fingerprint density at radius 1 is 0.968 bits per heavy atom. The molecular weight excluding hydrogens is 394 g/mol. The van der Waals surface area contributed by atoms with E-state index in [4.69, 9.17) is 9.94 Å². The first-order chi connectivity index (χ1) is 15.2. The summed E-state index contributed by atoms with van der Waals surface area (Å²) in [6.45, 7) is 0.392. The fourth-order valence-corrected chi connectivity index (χ4v) is 4.12. The lowest BCUT2D eigenvalue weighted by Crippen LogP contribution is -2.40. The van der Waals surface area contributed by atoms with E-state index < -0.39 is 17.7 Å². The lowest BCUT2D eigenvalue weighted by Gasteiger charge is -2.28. The van der Waals surface area contributed by atoms with Crippen LogP contribution in [0.5, 0.6) is 5.75 Å². The fourth-order valence-electron chi connectivity index (χ4n) is 4.12. The quantitative estimate of drug-likeness (QED) is 0.413. The van der Waals surface area contributed by atoms with E-state index >= 15 is 0 Å². The minimum atomic E-state index is -0.499. The van der Waals surface area contributed by atoms with Gasteiger partial charge < -0.3 is 10.1 Å². The molecule has 160 valence electrons. The number of aromatic nitrogens is 1. The Labute approximate surface area is 180 Å². The molecule has 2 aromatic carbocycles. The molecule has 3 aromatic rings.